The minimum Gasteiger partial charge on any atom is -0.387 e. The van der Waals surface area contributed by atoms with Crippen molar-refractivity contribution in [2.45, 2.75) is 174 Å². The minimum atomic E-state index is -4.36. The Morgan fingerprint density at radius 1 is 0.583 bits per heavy atom. The van der Waals surface area contributed by atoms with Crippen molar-refractivity contribution in [3.05, 3.63) is 72.9 Å². The van der Waals surface area contributed by atoms with E-state index in [9.17, 15) is 22.9 Å². The van der Waals surface area contributed by atoms with Gasteiger partial charge in [-0.1, -0.05) is 151 Å². The van der Waals surface area contributed by atoms with Crippen molar-refractivity contribution >= 4 is 16.0 Å². The molecule has 7 heteroatoms. The highest BCUT2D eigenvalue weighted by molar-refractivity contribution is 7.85. The van der Waals surface area contributed by atoms with E-state index in [1.165, 1.54) is 70.3 Å². The molecule has 0 rings (SSSR count). The van der Waals surface area contributed by atoms with Crippen molar-refractivity contribution in [3.8, 4) is 0 Å². The smallest absolute Gasteiger partial charge is 0.267 e. The maximum atomic E-state index is 12.5. The van der Waals surface area contributed by atoms with Crippen molar-refractivity contribution in [3.63, 3.8) is 0 Å². The third-order valence-corrected chi connectivity index (χ3v) is 8.87. The zero-order valence-electron chi connectivity index (χ0n) is 30.6. The number of amides is 1. The molecular weight excluding hydrogens is 619 g/mol. The maximum Gasteiger partial charge on any atom is 0.267 e. The Kier molecular flexibility index (Phi) is 33.0. The number of carbonyl (C=O) groups excluding carboxylic acids is 1. The highest BCUT2D eigenvalue weighted by Gasteiger charge is 2.24. The maximum absolute atomic E-state index is 12.5. The van der Waals surface area contributed by atoms with Gasteiger partial charge >= 0.3 is 0 Å². The first-order valence-corrected chi connectivity index (χ1v) is 20.7. The molecule has 6 nitrogen and oxygen atoms in total. The molecule has 0 heterocycles. The van der Waals surface area contributed by atoms with Gasteiger partial charge < -0.3 is 10.4 Å². The molecule has 0 aliphatic carbocycles. The fourth-order valence-corrected chi connectivity index (χ4v) is 5.99. The standard InChI is InChI=1S/C41H71NO5S/c1-3-5-7-9-11-13-15-16-17-18-19-20-21-22-23-24-25-26-27-29-31-33-35-37-41(44)42-39(38-48(45,46)47)40(43)36-34-32-30-28-14-12-10-8-6-4-2/h6,8,14-16,18-19,21-22,28,34,36,39-40,43H,3-5,7,9-13,17,20,23-27,29-33,35,37-38H2,1-2H3,(H,42,44)(H,45,46,47)/b8-6+,16-15-,19-18-,22-21-,28-14+,36-34+. The van der Waals surface area contributed by atoms with Gasteiger partial charge in [-0.25, -0.2) is 0 Å². The summed E-state index contributed by atoms with van der Waals surface area (Å²) in [5.41, 5.74) is 0. The summed E-state index contributed by atoms with van der Waals surface area (Å²) < 4.78 is 32.3. The Labute approximate surface area is 295 Å². The lowest BCUT2D eigenvalue weighted by molar-refractivity contribution is -0.122. The number of unbranched alkanes of at least 4 members (excludes halogenated alkanes) is 15. The Balaban J connectivity index is 3.94. The topological polar surface area (TPSA) is 104 Å². The second-order valence-electron chi connectivity index (χ2n) is 12.8. The number of hydrogen-bond acceptors (Lipinski definition) is 4. The van der Waals surface area contributed by atoms with Crippen molar-refractivity contribution < 1.29 is 22.9 Å². The molecule has 0 aromatic rings. The number of carbonyl (C=O) groups is 1. The van der Waals surface area contributed by atoms with Gasteiger partial charge in [0.25, 0.3) is 10.1 Å². The third-order valence-electron chi connectivity index (χ3n) is 8.09. The van der Waals surface area contributed by atoms with Crippen molar-refractivity contribution in [2.75, 3.05) is 5.75 Å². The van der Waals surface area contributed by atoms with Crippen LogP contribution in [-0.4, -0.2) is 41.9 Å². The van der Waals surface area contributed by atoms with Gasteiger partial charge in [0.15, 0.2) is 0 Å². The molecule has 2 atom stereocenters. The number of aliphatic hydroxyl groups excluding tert-OH is 1. The second kappa shape index (κ2) is 34.6. The quantitative estimate of drug-likeness (QED) is 0.0361. The molecule has 276 valence electrons. The SMILES string of the molecule is CC/C=C/CC/C=C/CC/C=C/C(O)C(CS(=O)(=O)O)NC(=O)CCCCCCCCCC/C=C\C/C=C\C/C=C\CCCCCCC. The number of aliphatic hydroxyl groups is 1. The molecule has 0 bridgehead atoms. The third kappa shape index (κ3) is 35.1. The molecule has 0 aliphatic rings. The molecule has 0 saturated carbocycles. The summed E-state index contributed by atoms with van der Waals surface area (Å²) in [5.74, 6) is -1.03. The van der Waals surface area contributed by atoms with E-state index in [0.717, 1.165) is 64.2 Å². The Morgan fingerprint density at radius 2 is 1.02 bits per heavy atom. The molecule has 0 saturated heterocycles. The molecule has 0 aromatic carbocycles. The highest BCUT2D eigenvalue weighted by atomic mass is 32.2. The lowest BCUT2D eigenvalue weighted by Gasteiger charge is -2.21. The molecular formula is C41H71NO5S. The lowest BCUT2D eigenvalue weighted by Crippen LogP contribution is -2.46. The van der Waals surface area contributed by atoms with Crippen LogP contribution in [-0.2, 0) is 14.9 Å². The van der Waals surface area contributed by atoms with Gasteiger partial charge in [-0.2, -0.15) is 8.42 Å². The molecule has 3 N–H and O–H groups in total. The summed E-state index contributed by atoms with van der Waals surface area (Å²) in [6, 6.07) is -1.09. The Hall–Kier alpha value is -2.22. The van der Waals surface area contributed by atoms with Crippen molar-refractivity contribution in [1.82, 2.24) is 5.32 Å². The summed E-state index contributed by atoms with van der Waals surface area (Å²) >= 11 is 0. The van der Waals surface area contributed by atoms with Gasteiger partial charge in [-0.15, -0.1) is 0 Å². The van der Waals surface area contributed by atoms with E-state index in [0.29, 0.717) is 12.8 Å². The molecule has 0 aromatic heterocycles. The van der Waals surface area contributed by atoms with Crippen LogP contribution in [0.5, 0.6) is 0 Å². The Morgan fingerprint density at radius 3 is 1.54 bits per heavy atom. The molecule has 0 spiro atoms. The highest BCUT2D eigenvalue weighted by Crippen LogP contribution is 2.12. The van der Waals surface area contributed by atoms with Crippen LogP contribution in [0.25, 0.3) is 0 Å². The lowest BCUT2D eigenvalue weighted by atomic mass is 10.1. The predicted molar refractivity (Wildman–Crippen MR) is 207 cm³/mol. The van der Waals surface area contributed by atoms with Crippen molar-refractivity contribution in [2.24, 2.45) is 0 Å². The summed E-state index contributed by atoms with van der Waals surface area (Å²) in [4.78, 5) is 12.5. The van der Waals surface area contributed by atoms with E-state index in [4.69, 9.17) is 0 Å². The first-order chi connectivity index (χ1) is 23.3. The van der Waals surface area contributed by atoms with E-state index in [2.05, 4.69) is 79.9 Å². The largest absolute Gasteiger partial charge is 0.387 e. The fourth-order valence-electron chi connectivity index (χ4n) is 5.26. The first kappa shape index (κ1) is 45.8. The van der Waals surface area contributed by atoms with E-state index in [1.807, 2.05) is 0 Å². The Bertz CT molecular complexity index is 1030. The zero-order chi connectivity index (χ0) is 35.4. The van der Waals surface area contributed by atoms with Crippen LogP contribution >= 0.6 is 0 Å². The normalized spacial score (nSPS) is 14.2. The van der Waals surface area contributed by atoms with E-state index in [-0.39, 0.29) is 12.3 Å². The second-order valence-corrected chi connectivity index (χ2v) is 14.3. The van der Waals surface area contributed by atoms with Gasteiger partial charge in [0.05, 0.1) is 17.9 Å². The molecule has 1 amide bonds. The molecule has 0 aliphatic heterocycles. The molecule has 0 fully saturated rings. The molecule has 48 heavy (non-hydrogen) atoms. The zero-order valence-corrected chi connectivity index (χ0v) is 31.4. The fraction of sp³-hybridized carbons (Fsp3) is 0.683. The van der Waals surface area contributed by atoms with Gasteiger partial charge in [0.1, 0.15) is 0 Å². The predicted octanol–water partition coefficient (Wildman–Crippen LogP) is 11.1. The van der Waals surface area contributed by atoms with Crippen LogP contribution < -0.4 is 5.32 Å². The monoisotopic (exact) mass is 690 g/mol. The van der Waals surface area contributed by atoms with Gasteiger partial charge in [-0.3, -0.25) is 9.35 Å². The molecule has 2 unspecified atom stereocenters. The average Bonchev–Trinajstić information content (AvgIpc) is 3.05. The summed E-state index contributed by atoms with van der Waals surface area (Å²) in [6.07, 6.45) is 49.0. The van der Waals surface area contributed by atoms with E-state index < -0.39 is 28.0 Å². The average molecular weight is 690 g/mol. The van der Waals surface area contributed by atoms with Gasteiger partial charge in [0.2, 0.25) is 5.91 Å². The minimum absolute atomic E-state index is 0.272. The van der Waals surface area contributed by atoms with Crippen LogP contribution in [0.15, 0.2) is 72.9 Å². The van der Waals surface area contributed by atoms with E-state index in [1.54, 1.807) is 6.08 Å². The van der Waals surface area contributed by atoms with Crippen LogP contribution in [0.3, 0.4) is 0 Å². The van der Waals surface area contributed by atoms with Crippen LogP contribution in [0.4, 0.5) is 0 Å². The summed E-state index contributed by atoms with van der Waals surface area (Å²) in [5, 5.41) is 13.1. The van der Waals surface area contributed by atoms with Crippen molar-refractivity contribution in [1.29, 1.82) is 0 Å². The van der Waals surface area contributed by atoms with Gasteiger partial charge in [-0.05, 0) is 77.0 Å². The van der Waals surface area contributed by atoms with E-state index >= 15 is 0 Å². The summed E-state index contributed by atoms with van der Waals surface area (Å²) in [7, 11) is -4.36. The summed E-state index contributed by atoms with van der Waals surface area (Å²) in [6.45, 7) is 4.37. The number of nitrogens with one attached hydrogen (secondary N) is 1. The first-order valence-electron chi connectivity index (χ1n) is 19.1. The van der Waals surface area contributed by atoms with Crippen LogP contribution in [0.2, 0.25) is 0 Å². The number of hydrogen-bond donors (Lipinski definition) is 3. The van der Waals surface area contributed by atoms with Crippen LogP contribution in [0, 0.1) is 0 Å². The molecule has 0 radical (unpaired) electrons. The van der Waals surface area contributed by atoms with Crippen LogP contribution in [0.1, 0.15) is 162 Å². The number of rotatable bonds is 33. The van der Waals surface area contributed by atoms with Gasteiger partial charge in [0, 0.05) is 6.42 Å². The number of allylic oxidation sites excluding steroid dienone is 11.